The molecule has 4 aliphatic heterocycles. The van der Waals surface area contributed by atoms with Crippen LogP contribution in [0.5, 0.6) is 0 Å². The highest BCUT2D eigenvalue weighted by Gasteiger charge is 2.53. The Labute approximate surface area is 247 Å². The molecule has 6 rings (SSSR count). The standard InChI is InChI=1S/C31H44FN5O5/c1-31(2,3)42-30(40)37-22-7-5-19(12-22)27(37)29(39)34-25(28(33)38)13-18-4-6-21(14-24(18)32)35-15-20-8-10-36(26(20)16-35)23-9-11-41-17-23/h4,6,14,19-20,22-23,25-27H,5,7-13,15-17H2,1-3H3,(H2,33,38)(H,34,39)/t19?,20?,22?,23?,25-,26?,27?/m0/s1. The van der Waals surface area contributed by atoms with Crippen LogP contribution < -0.4 is 16.0 Å². The van der Waals surface area contributed by atoms with Crippen LogP contribution >= 0.6 is 0 Å². The predicted molar refractivity (Wildman–Crippen MR) is 154 cm³/mol. The third-order valence-corrected chi connectivity index (χ3v) is 9.91. The number of anilines is 1. The van der Waals surface area contributed by atoms with Crippen LogP contribution in [0.25, 0.3) is 0 Å². The van der Waals surface area contributed by atoms with Gasteiger partial charge in [-0.1, -0.05) is 6.07 Å². The Hall–Kier alpha value is -2.92. The molecule has 0 aromatic heterocycles. The molecule has 1 aromatic rings. The number of amides is 3. The maximum atomic E-state index is 15.4. The summed E-state index contributed by atoms with van der Waals surface area (Å²) in [6, 6.07) is 4.14. The van der Waals surface area contributed by atoms with E-state index in [9.17, 15) is 14.4 Å². The lowest BCUT2D eigenvalue weighted by molar-refractivity contribution is -0.132. The van der Waals surface area contributed by atoms with E-state index in [1.54, 1.807) is 26.8 Å². The maximum Gasteiger partial charge on any atom is 0.411 e. The Bertz CT molecular complexity index is 1220. The Balaban J connectivity index is 1.11. The molecule has 7 atom stereocenters. The van der Waals surface area contributed by atoms with E-state index >= 15 is 4.39 Å². The summed E-state index contributed by atoms with van der Waals surface area (Å²) in [5.74, 6) is -1.07. The molecule has 42 heavy (non-hydrogen) atoms. The molecule has 1 aliphatic carbocycles. The van der Waals surface area contributed by atoms with E-state index in [1.807, 2.05) is 6.07 Å². The fraction of sp³-hybridized carbons (Fsp3) is 0.710. The molecule has 230 valence electrons. The number of hydrogen-bond acceptors (Lipinski definition) is 7. The second-order valence-corrected chi connectivity index (χ2v) is 13.8. The number of nitrogens with one attached hydrogen (secondary N) is 1. The average Bonchev–Trinajstić information content (AvgIpc) is 3.74. The maximum absolute atomic E-state index is 15.4. The summed E-state index contributed by atoms with van der Waals surface area (Å²) in [5.41, 5.74) is 6.11. The molecule has 3 amide bonds. The number of hydrogen-bond donors (Lipinski definition) is 2. The average molecular weight is 586 g/mol. The van der Waals surface area contributed by atoms with Crippen molar-refractivity contribution in [1.29, 1.82) is 0 Å². The molecule has 10 nitrogen and oxygen atoms in total. The summed E-state index contributed by atoms with van der Waals surface area (Å²) in [7, 11) is 0. The zero-order valence-corrected chi connectivity index (χ0v) is 24.9. The van der Waals surface area contributed by atoms with Gasteiger partial charge in [-0.2, -0.15) is 0 Å². The molecule has 4 heterocycles. The number of carbonyl (C=O) groups is 3. The summed E-state index contributed by atoms with van der Waals surface area (Å²) in [6.07, 6.45) is 3.98. The van der Waals surface area contributed by atoms with Gasteiger partial charge in [0, 0.05) is 49.9 Å². The van der Waals surface area contributed by atoms with Crippen LogP contribution in [0.2, 0.25) is 0 Å². The van der Waals surface area contributed by atoms with Crippen molar-refractivity contribution in [2.45, 2.75) is 95.1 Å². The van der Waals surface area contributed by atoms with Gasteiger partial charge < -0.3 is 25.4 Å². The number of nitrogens with zero attached hydrogens (tertiary/aromatic N) is 3. The molecule has 1 aromatic carbocycles. The van der Waals surface area contributed by atoms with Crippen molar-refractivity contribution in [1.82, 2.24) is 15.1 Å². The van der Waals surface area contributed by atoms with Crippen molar-refractivity contribution < 1.29 is 28.2 Å². The molecule has 4 saturated heterocycles. The molecule has 3 N–H and O–H groups in total. The molecule has 1 saturated carbocycles. The lowest BCUT2D eigenvalue weighted by Crippen LogP contribution is -2.57. The van der Waals surface area contributed by atoms with Gasteiger partial charge in [-0.3, -0.25) is 19.4 Å². The van der Waals surface area contributed by atoms with Crippen LogP contribution in [0.15, 0.2) is 18.2 Å². The van der Waals surface area contributed by atoms with Crippen LogP contribution in [-0.2, 0) is 25.5 Å². The molecule has 0 spiro atoms. The van der Waals surface area contributed by atoms with E-state index in [0.29, 0.717) is 23.6 Å². The lowest BCUT2D eigenvalue weighted by atomic mass is 9.97. The summed E-state index contributed by atoms with van der Waals surface area (Å²) < 4.78 is 26.6. The first-order valence-electron chi connectivity index (χ1n) is 15.5. The second-order valence-electron chi connectivity index (χ2n) is 13.8. The minimum atomic E-state index is -1.11. The van der Waals surface area contributed by atoms with E-state index in [1.165, 1.54) is 11.0 Å². The second kappa shape index (κ2) is 11.3. The van der Waals surface area contributed by atoms with Crippen LogP contribution in [0.3, 0.4) is 0 Å². The third kappa shape index (κ3) is 5.69. The topological polar surface area (TPSA) is 117 Å². The van der Waals surface area contributed by atoms with Gasteiger partial charge in [0.05, 0.1) is 6.61 Å². The van der Waals surface area contributed by atoms with Crippen LogP contribution in [0.4, 0.5) is 14.9 Å². The Morgan fingerprint density at radius 3 is 2.62 bits per heavy atom. The summed E-state index contributed by atoms with van der Waals surface area (Å²) >= 11 is 0. The largest absolute Gasteiger partial charge is 0.444 e. The fourth-order valence-electron chi connectivity index (χ4n) is 7.94. The molecule has 11 heteroatoms. The van der Waals surface area contributed by atoms with E-state index < -0.39 is 41.4 Å². The molecular formula is C31H44FN5O5. The molecular weight excluding hydrogens is 541 g/mol. The van der Waals surface area contributed by atoms with Crippen molar-refractivity contribution in [3.8, 4) is 0 Å². The van der Waals surface area contributed by atoms with E-state index in [4.69, 9.17) is 15.2 Å². The molecule has 2 bridgehead atoms. The quantitative estimate of drug-likeness (QED) is 0.505. The fourth-order valence-corrected chi connectivity index (χ4v) is 7.94. The number of primary amides is 1. The van der Waals surface area contributed by atoms with Crippen LogP contribution in [-0.4, -0.2) is 96.4 Å². The van der Waals surface area contributed by atoms with E-state index in [-0.39, 0.29) is 18.4 Å². The monoisotopic (exact) mass is 585 g/mol. The molecule has 5 aliphatic rings. The highest BCUT2D eigenvalue weighted by atomic mass is 19.1. The van der Waals surface area contributed by atoms with Crippen molar-refractivity contribution in [2.75, 3.05) is 37.7 Å². The van der Waals surface area contributed by atoms with Crippen molar-refractivity contribution in [3.05, 3.63) is 29.6 Å². The Kier molecular flexibility index (Phi) is 7.84. The highest BCUT2D eigenvalue weighted by molar-refractivity contribution is 5.91. The van der Waals surface area contributed by atoms with Gasteiger partial charge in [-0.05, 0) is 89.0 Å². The smallest absolute Gasteiger partial charge is 0.411 e. The number of nitrogens with two attached hydrogens (primary N) is 1. The van der Waals surface area contributed by atoms with Gasteiger partial charge in [-0.25, -0.2) is 9.18 Å². The Morgan fingerprint density at radius 2 is 1.93 bits per heavy atom. The van der Waals surface area contributed by atoms with Gasteiger partial charge in [0.15, 0.2) is 0 Å². The van der Waals surface area contributed by atoms with Crippen molar-refractivity contribution in [2.24, 2.45) is 17.6 Å². The lowest BCUT2D eigenvalue weighted by Gasteiger charge is -2.36. The van der Waals surface area contributed by atoms with Gasteiger partial charge in [0.2, 0.25) is 11.8 Å². The minimum Gasteiger partial charge on any atom is -0.444 e. The van der Waals surface area contributed by atoms with Gasteiger partial charge in [0.1, 0.15) is 23.5 Å². The number of halogens is 1. The van der Waals surface area contributed by atoms with E-state index in [0.717, 1.165) is 70.6 Å². The van der Waals surface area contributed by atoms with E-state index in [2.05, 4.69) is 15.1 Å². The number of fused-ring (bicyclic) bond motifs is 3. The van der Waals surface area contributed by atoms with Gasteiger partial charge >= 0.3 is 6.09 Å². The number of rotatable bonds is 7. The molecule has 5 fully saturated rings. The zero-order valence-electron chi connectivity index (χ0n) is 24.9. The third-order valence-electron chi connectivity index (χ3n) is 9.91. The van der Waals surface area contributed by atoms with Gasteiger partial charge in [-0.15, -0.1) is 0 Å². The molecule has 0 radical (unpaired) electrons. The summed E-state index contributed by atoms with van der Waals surface area (Å²) in [5, 5.41) is 2.74. The number of piperidine rings is 1. The number of likely N-dealkylation sites (tertiary alicyclic amines) is 2. The summed E-state index contributed by atoms with van der Waals surface area (Å²) in [4.78, 5) is 45.2. The minimum absolute atomic E-state index is 0.0101. The van der Waals surface area contributed by atoms with Crippen LogP contribution in [0.1, 0.15) is 58.4 Å². The first-order chi connectivity index (χ1) is 20.0. The van der Waals surface area contributed by atoms with Crippen LogP contribution in [0, 0.1) is 17.7 Å². The first kappa shape index (κ1) is 29.2. The summed E-state index contributed by atoms with van der Waals surface area (Å²) in [6.45, 7) is 9.83. The van der Waals surface area contributed by atoms with Crippen molar-refractivity contribution in [3.63, 3.8) is 0 Å². The van der Waals surface area contributed by atoms with Gasteiger partial charge in [0.25, 0.3) is 0 Å². The normalized spacial score (nSPS) is 31.4. The number of ether oxygens (including phenoxy) is 2. The predicted octanol–water partition coefficient (Wildman–Crippen LogP) is 2.43. The van der Waals surface area contributed by atoms with Crippen molar-refractivity contribution >= 4 is 23.6 Å². The highest BCUT2D eigenvalue weighted by Crippen LogP contribution is 2.43. The zero-order chi connectivity index (χ0) is 29.8. The Morgan fingerprint density at radius 1 is 1.12 bits per heavy atom. The number of carbonyl (C=O) groups excluding carboxylic acids is 3. The SMILES string of the molecule is CC(C)(C)OC(=O)N1C2CCC(C2)C1C(=O)N[C@@H](Cc1ccc(N2CC3CCN(C4CCOC4)C3C2)cc1F)C(N)=O. The number of benzene rings is 1. The first-order valence-corrected chi connectivity index (χ1v) is 15.5. The molecule has 6 unspecified atom stereocenters.